The number of aliphatic hydroxyl groups is 1. The number of rotatable bonds is 5. The Morgan fingerprint density at radius 3 is 2.10 bits per heavy atom. The second kappa shape index (κ2) is 10.9. The largest absolute Gasteiger partial charge is 0.380 e. The molecule has 2 aromatic rings. The lowest BCUT2D eigenvalue weighted by atomic mass is 9.73. The van der Waals surface area contributed by atoms with Crippen LogP contribution in [0.5, 0.6) is 0 Å². The van der Waals surface area contributed by atoms with Gasteiger partial charge in [0.2, 0.25) is 0 Å². The molecule has 2 aromatic carbocycles. The van der Waals surface area contributed by atoms with Crippen LogP contribution < -0.4 is 0 Å². The van der Waals surface area contributed by atoms with E-state index in [-0.39, 0.29) is 5.78 Å². The molecule has 3 unspecified atom stereocenters. The molecule has 0 fully saturated rings. The van der Waals surface area contributed by atoms with Crippen molar-refractivity contribution in [3.05, 3.63) is 82.9 Å². The summed E-state index contributed by atoms with van der Waals surface area (Å²) in [6.45, 7) is 8.58. The molecule has 3 atom stereocenters. The normalized spacial score (nSPS) is 20.0. The maximum Gasteiger partial charge on any atom is 0.195 e. The zero-order chi connectivity index (χ0) is 21.4. The molecule has 29 heavy (non-hydrogen) atoms. The third-order valence-electron chi connectivity index (χ3n) is 5.78. The van der Waals surface area contributed by atoms with E-state index in [1.54, 1.807) is 48.5 Å². The van der Waals surface area contributed by atoms with Gasteiger partial charge in [-0.15, -0.1) is 0 Å². The standard InChI is InChI=1S/C14H12O2.C12H20O/c15-13(11-7-3-1-4-8-11)14(16)12-9-5-2-6-10-12;1-5-10-8(3)7-12(13)9(4)11(10)6-2/h1-10,13,15H;8,10H,5-7H2,1-4H3. The molecule has 0 saturated heterocycles. The summed E-state index contributed by atoms with van der Waals surface area (Å²) in [5, 5.41) is 9.89. The van der Waals surface area contributed by atoms with Gasteiger partial charge in [0.25, 0.3) is 0 Å². The van der Waals surface area contributed by atoms with Crippen LogP contribution in [0.4, 0.5) is 0 Å². The van der Waals surface area contributed by atoms with Crippen molar-refractivity contribution in [3.8, 4) is 0 Å². The van der Waals surface area contributed by atoms with Gasteiger partial charge >= 0.3 is 0 Å². The molecule has 154 valence electrons. The molecule has 0 spiro atoms. The molecule has 0 aromatic heterocycles. The maximum absolute atomic E-state index is 11.9. The Labute approximate surface area is 174 Å². The number of Topliss-reactive ketones (excluding diaryl/α,β-unsaturated/α-hetero) is 2. The van der Waals surface area contributed by atoms with E-state index in [1.165, 1.54) is 12.0 Å². The molecular weight excluding hydrogens is 360 g/mol. The van der Waals surface area contributed by atoms with E-state index in [4.69, 9.17) is 0 Å². The van der Waals surface area contributed by atoms with E-state index in [0.717, 1.165) is 18.4 Å². The highest BCUT2D eigenvalue weighted by Crippen LogP contribution is 2.36. The molecule has 0 amide bonds. The van der Waals surface area contributed by atoms with Crippen molar-refractivity contribution in [1.82, 2.24) is 0 Å². The molecule has 0 heterocycles. The summed E-state index contributed by atoms with van der Waals surface area (Å²) < 4.78 is 0. The summed E-state index contributed by atoms with van der Waals surface area (Å²) >= 11 is 0. The zero-order valence-corrected chi connectivity index (χ0v) is 17.9. The second-order valence-corrected chi connectivity index (χ2v) is 7.67. The van der Waals surface area contributed by atoms with E-state index in [1.807, 2.05) is 19.1 Å². The molecule has 0 aliphatic heterocycles. The van der Waals surface area contributed by atoms with Gasteiger partial charge in [0.05, 0.1) is 0 Å². The van der Waals surface area contributed by atoms with Crippen molar-refractivity contribution in [1.29, 1.82) is 0 Å². The first-order chi connectivity index (χ1) is 13.9. The first-order valence-corrected chi connectivity index (χ1v) is 10.5. The SMILES string of the molecule is CCC1=C(C)C(=O)CC(C)C1CC.O=C(c1ccccc1)C(O)c1ccccc1. The lowest BCUT2D eigenvalue weighted by molar-refractivity contribution is -0.117. The van der Waals surface area contributed by atoms with Crippen molar-refractivity contribution in [2.24, 2.45) is 11.8 Å². The smallest absolute Gasteiger partial charge is 0.195 e. The summed E-state index contributed by atoms with van der Waals surface area (Å²) in [6, 6.07) is 17.7. The Morgan fingerprint density at radius 1 is 1.03 bits per heavy atom. The summed E-state index contributed by atoms with van der Waals surface area (Å²) in [4.78, 5) is 23.5. The third-order valence-corrected chi connectivity index (χ3v) is 5.78. The number of carbonyl (C=O) groups is 2. The number of carbonyl (C=O) groups excluding carboxylic acids is 2. The topological polar surface area (TPSA) is 54.4 Å². The number of allylic oxidation sites excluding steroid dienone is 2. The Balaban J connectivity index is 0.000000212. The predicted octanol–water partition coefficient (Wildman–Crippen LogP) is 5.95. The second-order valence-electron chi connectivity index (χ2n) is 7.67. The van der Waals surface area contributed by atoms with Gasteiger partial charge in [0.15, 0.2) is 11.6 Å². The van der Waals surface area contributed by atoms with E-state index in [2.05, 4.69) is 20.8 Å². The number of benzene rings is 2. The van der Waals surface area contributed by atoms with E-state index in [0.29, 0.717) is 28.7 Å². The summed E-state index contributed by atoms with van der Waals surface area (Å²) in [6.07, 6.45) is 1.90. The van der Waals surface area contributed by atoms with Crippen LogP contribution in [0.25, 0.3) is 0 Å². The molecular formula is C26H32O3. The van der Waals surface area contributed by atoms with Crippen LogP contribution in [0.2, 0.25) is 0 Å². The van der Waals surface area contributed by atoms with Gasteiger partial charge in [-0.05, 0) is 42.7 Å². The minimum absolute atomic E-state index is 0.271. The molecule has 3 heteroatoms. The van der Waals surface area contributed by atoms with Crippen LogP contribution in [-0.2, 0) is 4.79 Å². The number of hydrogen-bond acceptors (Lipinski definition) is 3. The highest BCUT2D eigenvalue weighted by Gasteiger charge is 2.29. The molecule has 3 nitrogen and oxygen atoms in total. The van der Waals surface area contributed by atoms with Crippen LogP contribution in [0, 0.1) is 11.8 Å². The summed E-state index contributed by atoms with van der Waals surface area (Å²) in [5.41, 5.74) is 3.61. The first-order valence-electron chi connectivity index (χ1n) is 10.5. The van der Waals surface area contributed by atoms with Gasteiger partial charge in [-0.3, -0.25) is 9.59 Å². The van der Waals surface area contributed by atoms with E-state index < -0.39 is 6.10 Å². The van der Waals surface area contributed by atoms with Gasteiger partial charge < -0.3 is 5.11 Å². The minimum atomic E-state index is -1.08. The van der Waals surface area contributed by atoms with Gasteiger partial charge in [0.1, 0.15) is 6.10 Å². The van der Waals surface area contributed by atoms with E-state index >= 15 is 0 Å². The fraction of sp³-hybridized carbons (Fsp3) is 0.385. The van der Waals surface area contributed by atoms with Gasteiger partial charge in [-0.1, -0.05) is 87.0 Å². The van der Waals surface area contributed by atoms with Crippen LogP contribution in [0.3, 0.4) is 0 Å². The fourth-order valence-corrected chi connectivity index (χ4v) is 4.11. The lowest BCUT2D eigenvalue weighted by Crippen LogP contribution is -2.25. The lowest BCUT2D eigenvalue weighted by Gasteiger charge is -2.31. The molecule has 1 aliphatic carbocycles. The van der Waals surface area contributed by atoms with Crippen molar-refractivity contribution >= 4 is 11.6 Å². The van der Waals surface area contributed by atoms with Gasteiger partial charge in [-0.25, -0.2) is 0 Å². The first kappa shape index (κ1) is 22.8. The minimum Gasteiger partial charge on any atom is -0.380 e. The highest BCUT2D eigenvalue weighted by atomic mass is 16.3. The Bertz CT molecular complexity index is 837. The maximum atomic E-state index is 11.9. The van der Waals surface area contributed by atoms with Crippen LogP contribution in [0.1, 0.15) is 69.0 Å². The Morgan fingerprint density at radius 2 is 1.59 bits per heavy atom. The van der Waals surface area contributed by atoms with E-state index in [9.17, 15) is 14.7 Å². The molecule has 3 rings (SSSR count). The van der Waals surface area contributed by atoms with Crippen LogP contribution in [0.15, 0.2) is 71.8 Å². The van der Waals surface area contributed by atoms with Crippen LogP contribution in [-0.4, -0.2) is 16.7 Å². The summed E-state index contributed by atoms with van der Waals surface area (Å²) in [5.74, 6) is 1.31. The van der Waals surface area contributed by atoms with Crippen molar-refractivity contribution in [2.45, 2.75) is 53.1 Å². The van der Waals surface area contributed by atoms with Crippen molar-refractivity contribution in [3.63, 3.8) is 0 Å². The number of ketones is 2. The number of hydrogen-bond donors (Lipinski definition) is 1. The molecule has 0 saturated carbocycles. The molecule has 0 bridgehead atoms. The predicted molar refractivity (Wildman–Crippen MR) is 118 cm³/mol. The highest BCUT2D eigenvalue weighted by molar-refractivity contribution is 5.99. The average Bonchev–Trinajstić information content (AvgIpc) is 2.76. The molecule has 0 radical (unpaired) electrons. The molecule has 1 N–H and O–H groups in total. The fourth-order valence-electron chi connectivity index (χ4n) is 4.11. The monoisotopic (exact) mass is 392 g/mol. The van der Waals surface area contributed by atoms with Crippen LogP contribution >= 0.6 is 0 Å². The third kappa shape index (κ3) is 5.74. The summed E-state index contributed by atoms with van der Waals surface area (Å²) in [7, 11) is 0. The zero-order valence-electron chi connectivity index (χ0n) is 17.9. The quantitative estimate of drug-likeness (QED) is 0.640. The molecule has 1 aliphatic rings. The number of aliphatic hydroxyl groups excluding tert-OH is 1. The van der Waals surface area contributed by atoms with Gasteiger partial charge in [-0.2, -0.15) is 0 Å². The van der Waals surface area contributed by atoms with Crippen molar-refractivity contribution < 1.29 is 14.7 Å². The Hall–Kier alpha value is -2.52. The Kier molecular flexibility index (Phi) is 8.53. The average molecular weight is 393 g/mol. The van der Waals surface area contributed by atoms with Crippen molar-refractivity contribution in [2.75, 3.05) is 0 Å². The van der Waals surface area contributed by atoms with Gasteiger partial charge in [0, 0.05) is 12.0 Å².